The van der Waals surface area contributed by atoms with Gasteiger partial charge in [0.05, 0.1) is 18.1 Å². The third kappa shape index (κ3) is 9.18. The summed E-state index contributed by atoms with van der Waals surface area (Å²) in [5, 5.41) is 3.42. The van der Waals surface area contributed by atoms with Gasteiger partial charge < -0.3 is 24.4 Å². The average Bonchev–Trinajstić information content (AvgIpc) is 2.95. The second-order valence-electron chi connectivity index (χ2n) is 8.94. The molecule has 2 aromatic rings. The van der Waals surface area contributed by atoms with Crippen molar-refractivity contribution in [1.82, 2.24) is 14.5 Å². The number of ether oxygens (including phenoxy) is 3. The summed E-state index contributed by atoms with van der Waals surface area (Å²) in [7, 11) is -3.63. The zero-order valence-electron chi connectivity index (χ0n) is 22.3. The molecule has 1 unspecified atom stereocenters. The molecule has 0 aromatic heterocycles. The minimum absolute atomic E-state index is 0.141. The van der Waals surface area contributed by atoms with Gasteiger partial charge in [-0.05, 0) is 62.2 Å². The topological polar surface area (TPSA) is 114 Å². The second kappa shape index (κ2) is 15.2. The lowest BCUT2D eigenvalue weighted by Crippen LogP contribution is -2.49. The molecule has 3 rings (SSSR count). The van der Waals surface area contributed by atoms with Crippen LogP contribution in [0.4, 0.5) is 0 Å². The van der Waals surface area contributed by atoms with Gasteiger partial charge in [-0.15, -0.1) is 0 Å². The quantitative estimate of drug-likeness (QED) is 0.341. The van der Waals surface area contributed by atoms with Crippen LogP contribution >= 0.6 is 11.6 Å². The van der Waals surface area contributed by atoms with Crippen molar-refractivity contribution in [2.75, 3.05) is 52.7 Å². The van der Waals surface area contributed by atoms with Crippen LogP contribution in [0.25, 0.3) is 0 Å². The van der Waals surface area contributed by atoms with Gasteiger partial charge in [0.1, 0.15) is 11.8 Å². The maximum Gasteiger partial charge on any atom is 0.261 e. The minimum Gasteiger partial charge on any atom is -0.484 e. The number of benzene rings is 2. The molecule has 0 saturated carbocycles. The molecule has 39 heavy (non-hydrogen) atoms. The number of rotatable bonds is 14. The summed E-state index contributed by atoms with van der Waals surface area (Å²) < 4.78 is 43.3. The lowest BCUT2D eigenvalue weighted by molar-refractivity contribution is -0.142. The molecule has 0 bridgehead atoms. The van der Waals surface area contributed by atoms with Crippen LogP contribution in [-0.4, -0.2) is 88.1 Å². The van der Waals surface area contributed by atoms with E-state index in [1.807, 2.05) is 6.92 Å². The molecule has 214 valence electrons. The van der Waals surface area contributed by atoms with Crippen LogP contribution < -0.4 is 10.1 Å². The third-order valence-electron chi connectivity index (χ3n) is 6.20. The predicted octanol–water partition coefficient (Wildman–Crippen LogP) is 2.70. The Hall–Kier alpha value is -2.70. The largest absolute Gasteiger partial charge is 0.484 e. The number of carbonyl (C=O) groups is 2. The molecule has 0 spiro atoms. The van der Waals surface area contributed by atoms with Gasteiger partial charge in [-0.2, -0.15) is 4.31 Å². The monoisotopic (exact) mass is 581 g/mol. The van der Waals surface area contributed by atoms with Crippen LogP contribution in [0.5, 0.6) is 5.75 Å². The molecule has 10 nitrogen and oxygen atoms in total. The SMILES string of the molecule is CCOCCCNC(=O)C(C)N(Cc1ccc(Cl)cc1)C(=O)COc1ccc(S(=O)(=O)N2CCOCC2)cc1. The predicted molar refractivity (Wildman–Crippen MR) is 147 cm³/mol. The summed E-state index contributed by atoms with van der Waals surface area (Å²) in [6.07, 6.45) is 0.664. The summed E-state index contributed by atoms with van der Waals surface area (Å²) in [4.78, 5) is 27.7. The van der Waals surface area contributed by atoms with Crippen LogP contribution in [0.1, 0.15) is 25.8 Å². The van der Waals surface area contributed by atoms with Crippen molar-refractivity contribution in [2.45, 2.75) is 37.8 Å². The van der Waals surface area contributed by atoms with E-state index < -0.39 is 22.0 Å². The van der Waals surface area contributed by atoms with E-state index in [-0.39, 0.29) is 24.0 Å². The number of carbonyl (C=O) groups excluding carboxylic acids is 2. The van der Waals surface area contributed by atoms with E-state index in [4.69, 9.17) is 25.8 Å². The van der Waals surface area contributed by atoms with Gasteiger partial charge in [-0.25, -0.2) is 8.42 Å². The summed E-state index contributed by atoms with van der Waals surface area (Å²) in [5.74, 6) is -0.345. The minimum atomic E-state index is -3.63. The van der Waals surface area contributed by atoms with Gasteiger partial charge in [-0.1, -0.05) is 23.7 Å². The van der Waals surface area contributed by atoms with Crippen LogP contribution in [0, 0.1) is 0 Å². The average molecular weight is 582 g/mol. The number of hydrogen-bond donors (Lipinski definition) is 1. The molecule has 1 aliphatic heterocycles. The standard InChI is InChI=1S/C27H36ClN3O7S/c1-3-36-16-4-13-29-27(33)21(2)31(19-22-5-7-23(28)8-6-22)26(32)20-38-24-9-11-25(12-10-24)39(34,35)30-14-17-37-18-15-30/h5-12,21H,3-4,13-20H2,1-2H3,(H,29,33). The van der Waals surface area contributed by atoms with Crippen molar-refractivity contribution >= 4 is 33.4 Å². The number of hydrogen-bond acceptors (Lipinski definition) is 7. The van der Waals surface area contributed by atoms with Crippen molar-refractivity contribution in [3.05, 3.63) is 59.1 Å². The van der Waals surface area contributed by atoms with Crippen LogP contribution in [0.2, 0.25) is 5.02 Å². The van der Waals surface area contributed by atoms with Crippen molar-refractivity contribution in [2.24, 2.45) is 0 Å². The van der Waals surface area contributed by atoms with Crippen molar-refractivity contribution < 1.29 is 32.2 Å². The molecule has 1 heterocycles. The summed E-state index contributed by atoms with van der Waals surface area (Å²) in [5.41, 5.74) is 0.807. The Morgan fingerprint density at radius 2 is 1.77 bits per heavy atom. The fraction of sp³-hybridized carbons (Fsp3) is 0.481. The Morgan fingerprint density at radius 3 is 2.41 bits per heavy atom. The highest BCUT2D eigenvalue weighted by atomic mass is 35.5. The molecule has 2 aromatic carbocycles. The maximum atomic E-state index is 13.2. The van der Waals surface area contributed by atoms with E-state index in [0.29, 0.717) is 63.3 Å². The molecule has 0 aliphatic carbocycles. The molecule has 0 radical (unpaired) electrons. The molecule has 1 atom stereocenters. The van der Waals surface area contributed by atoms with E-state index in [1.54, 1.807) is 31.2 Å². The molecule has 1 saturated heterocycles. The first-order chi connectivity index (χ1) is 18.7. The molecule has 12 heteroatoms. The van der Waals surface area contributed by atoms with E-state index >= 15 is 0 Å². The van der Waals surface area contributed by atoms with Crippen molar-refractivity contribution in [1.29, 1.82) is 0 Å². The molecule has 1 aliphatic rings. The Bertz CT molecular complexity index is 1170. The highest BCUT2D eigenvalue weighted by Gasteiger charge is 2.28. The number of nitrogens with one attached hydrogen (secondary N) is 1. The van der Waals surface area contributed by atoms with Gasteiger partial charge in [0.2, 0.25) is 15.9 Å². The van der Waals surface area contributed by atoms with Gasteiger partial charge in [0.25, 0.3) is 5.91 Å². The van der Waals surface area contributed by atoms with E-state index in [2.05, 4.69) is 5.32 Å². The number of morpholine rings is 1. The van der Waals surface area contributed by atoms with Crippen LogP contribution in [-0.2, 0) is 35.6 Å². The van der Waals surface area contributed by atoms with Gasteiger partial charge in [0, 0.05) is 44.4 Å². The van der Waals surface area contributed by atoms with E-state index in [0.717, 1.165) is 5.56 Å². The summed E-state index contributed by atoms with van der Waals surface area (Å²) >= 11 is 6.00. The van der Waals surface area contributed by atoms with Crippen LogP contribution in [0.15, 0.2) is 53.4 Å². The summed E-state index contributed by atoms with van der Waals surface area (Å²) in [6, 6.07) is 12.2. The fourth-order valence-corrected chi connectivity index (χ4v) is 5.45. The fourth-order valence-electron chi connectivity index (χ4n) is 3.92. The first kappa shape index (κ1) is 30.8. The smallest absolute Gasteiger partial charge is 0.261 e. The van der Waals surface area contributed by atoms with Crippen molar-refractivity contribution in [3.63, 3.8) is 0 Å². The van der Waals surface area contributed by atoms with Gasteiger partial charge in [-0.3, -0.25) is 9.59 Å². The molecule has 2 amide bonds. The Morgan fingerprint density at radius 1 is 1.10 bits per heavy atom. The lowest BCUT2D eigenvalue weighted by atomic mass is 10.1. The Kier molecular flexibility index (Phi) is 12.0. The Balaban J connectivity index is 1.64. The van der Waals surface area contributed by atoms with Crippen LogP contribution in [0.3, 0.4) is 0 Å². The zero-order chi connectivity index (χ0) is 28.3. The first-order valence-corrected chi connectivity index (χ1v) is 14.7. The molecule has 1 N–H and O–H groups in total. The Labute approximate surface area is 235 Å². The highest BCUT2D eigenvalue weighted by Crippen LogP contribution is 2.21. The number of halogens is 1. The zero-order valence-corrected chi connectivity index (χ0v) is 23.9. The van der Waals surface area contributed by atoms with Crippen molar-refractivity contribution in [3.8, 4) is 5.75 Å². The maximum absolute atomic E-state index is 13.2. The number of sulfonamides is 1. The van der Waals surface area contributed by atoms with E-state index in [9.17, 15) is 18.0 Å². The first-order valence-electron chi connectivity index (χ1n) is 12.9. The second-order valence-corrected chi connectivity index (χ2v) is 11.3. The highest BCUT2D eigenvalue weighted by molar-refractivity contribution is 7.89. The molecule has 1 fully saturated rings. The number of amides is 2. The summed E-state index contributed by atoms with van der Waals surface area (Å²) in [6.45, 7) is 6.34. The normalized spacial score (nSPS) is 14.9. The number of nitrogens with zero attached hydrogens (tertiary/aromatic N) is 2. The van der Waals surface area contributed by atoms with E-state index in [1.165, 1.54) is 33.5 Å². The lowest BCUT2D eigenvalue weighted by Gasteiger charge is -2.29. The third-order valence-corrected chi connectivity index (χ3v) is 8.36. The van der Waals surface area contributed by atoms with Gasteiger partial charge >= 0.3 is 0 Å². The molecular formula is C27H36ClN3O7S. The van der Waals surface area contributed by atoms with Gasteiger partial charge in [0.15, 0.2) is 6.61 Å². The molecular weight excluding hydrogens is 546 g/mol.